The number of H-pyrrole nitrogens is 2. The summed E-state index contributed by atoms with van der Waals surface area (Å²) in [6, 6.07) is 17.9. The molecule has 0 fully saturated rings. The number of hydrogen-bond acceptors (Lipinski definition) is 4. The molecule has 6 nitrogen and oxygen atoms in total. The van der Waals surface area contributed by atoms with E-state index in [4.69, 9.17) is 9.47 Å². The average molecular weight is 482 g/mol. The SMILES string of the molecule is CCOc1cc(CNc2ccc3[nH]c(=O)[nH]c3c2)c(Br)cc1OCc1ccc(C)cc1. The van der Waals surface area contributed by atoms with Crippen LogP contribution in [0.3, 0.4) is 0 Å². The summed E-state index contributed by atoms with van der Waals surface area (Å²) in [6.07, 6.45) is 0. The zero-order valence-corrected chi connectivity index (χ0v) is 19.0. The van der Waals surface area contributed by atoms with E-state index < -0.39 is 0 Å². The number of nitrogens with one attached hydrogen (secondary N) is 3. The third-order valence-corrected chi connectivity index (χ3v) is 5.66. The van der Waals surface area contributed by atoms with Crippen molar-refractivity contribution in [1.82, 2.24) is 9.97 Å². The molecule has 0 saturated heterocycles. The van der Waals surface area contributed by atoms with E-state index in [0.717, 1.165) is 32.3 Å². The molecular formula is C24H24BrN3O3. The van der Waals surface area contributed by atoms with Gasteiger partial charge in [-0.2, -0.15) is 0 Å². The highest BCUT2D eigenvalue weighted by Crippen LogP contribution is 2.35. The summed E-state index contributed by atoms with van der Waals surface area (Å²) >= 11 is 3.66. The van der Waals surface area contributed by atoms with E-state index in [0.29, 0.717) is 31.3 Å². The van der Waals surface area contributed by atoms with Gasteiger partial charge in [0.2, 0.25) is 0 Å². The zero-order valence-electron chi connectivity index (χ0n) is 17.4. The van der Waals surface area contributed by atoms with Crippen molar-refractivity contribution in [2.45, 2.75) is 27.0 Å². The third kappa shape index (κ3) is 5.11. The van der Waals surface area contributed by atoms with Crippen LogP contribution in [-0.2, 0) is 13.2 Å². The molecule has 1 heterocycles. The standard InChI is InChI=1S/C24H24BrN3O3/c1-3-30-22-10-17(13-26-18-8-9-20-21(11-18)28-24(29)27-20)19(25)12-23(22)31-14-16-6-4-15(2)5-7-16/h4-12,26H,3,13-14H2,1-2H3,(H2,27,28,29). The Morgan fingerprint density at radius 3 is 2.45 bits per heavy atom. The number of ether oxygens (including phenoxy) is 2. The Bertz CT molecular complexity index is 1250. The van der Waals surface area contributed by atoms with Crippen molar-refractivity contribution in [3.63, 3.8) is 0 Å². The van der Waals surface area contributed by atoms with Crippen molar-refractivity contribution in [3.05, 3.63) is 86.2 Å². The first-order valence-electron chi connectivity index (χ1n) is 10.1. The quantitative estimate of drug-likeness (QED) is 0.309. The highest BCUT2D eigenvalue weighted by atomic mass is 79.9. The number of halogens is 1. The largest absolute Gasteiger partial charge is 0.490 e. The Labute approximate surface area is 188 Å². The molecule has 7 heteroatoms. The van der Waals surface area contributed by atoms with E-state index in [-0.39, 0.29) is 5.69 Å². The Balaban J connectivity index is 1.49. The highest BCUT2D eigenvalue weighted by Gasteiger charge is 2.12. The van der Waals surface area contributed by atoms with Gasteiger partial charge in [0, 0.05) is 16.7 Å². The van der Waals surface area contributed by atoms with Gasteiger partial charge < -0.3 is 24.8 Å². The minimum Gasteiger partial charge on any atom is -0.490 e. The second kappa shape index (κ2) is 9.31. The molecule has 31 heavy (non-hydrogen) atoms. The van der Waals surface area contributed by atoms with Gasteiger partial charge in [-0.05, 0) is 55.3 Å². The summed E-state index contributed by atoms with van der Waals surface area (Å²) in [6.45, 7) is 5.62. The number of hydrogen-bond donors (Lipinski definition) is 3. The van der Waals surface area contributed by atoms with Gasteiger partial charge in [0.1, 0.15) is 6.61 Å². The van der Waals surface area contributed by atoms with Crippen LogP contribution in [0.15, 0.2) is 63.9 Å². The lowest BCUT2D eigenvalue weighted by Gasteiger charge is -2.16. The van der Waals surface area contributed by atoms with Gasteiger partial charge in [-0.25, -0.2) is 4.79 Å². The maximum Gasteiger partial charge on any atom is 0.323 e. The van der Waals surface area contributed by atoms with Gasteiger partial charge >= 0.3 is 5.69 Å². The topological polar surface area (TPSA) is 79.1 Å². The molecule has 0 saturated carbocycles. The summed E-state index contributed by atoms with van der Waals surface area (Å²) < 4.78 is 12.8. The molecule has 4 rings (SSSR count). The first kappa shape index (κ1) is 21.1. The third-order valence-electron chi connectivity index (χ3n) is 4.93. The van der Waals surface area contributed by atoms with Crippen LogP contribution in [0.1, 0.15) is 23.6 Å². The molecule has 0 aliphatic rings. The monoisotopic (exact) mass is 481 g/mol. The molecule has 3 N–H and O–H groups in total. The number of fused-ring (bicyclic) bond motifs is 1. The summed E-state index contributed by atoms with van der Waals surface area (Å²) in [5.41, 5.74) is 5.61. The van der Waals surface area contributed by atoms with E-state index in [2.05, 4.69) is 62.4 Å². The highest BCUT2D eigenvalue weighted by molar-refractivity contribution is 9.10. The van der Waals surface area contributed by atoms with Crippen molar-refractivity contribution in [3.8, 4) is 11.5 Å². The van der Waals surface area contributed by atoms with Crippen LogP contribution in [0.25, 0.3) is 11.0 Å². The second-order valence-electron chi connectivity index (χ2n) is 7.29. The molecule has 0 unspecified atom stereocenters. The van der Waals surface area contributed by atoms with E-state index in [1.54, 1.807) is 0 Å². The molecule has 3 aromatic carbocycles. The fourth-order valence-corrected chi connectivity index (χ4v) is 3.74. The van der Waals surface area contributed by atoms with E-state index in [1.165, 1.54) is 5.56 Å². The lowest BCUT2D eigenvalue weighted by molar-refractivity contribution is 0.269. The van der Waals surface area contributed by atoms with Crippen LogP contribution in [0.5, 0.6) is 11.5 Å². The average Bonchev–Trinajstić information content (AvgIpc) is 3.13. The van der Waals surface area contributed by atoms with Crippen LogP contribution in [0.4, 0.5) is 5.69 Å². The van der Waals surface area contributed by atoms with Crippen molar-refractivity contribution in [2.75, 3.05) is 11.9 Å². The van der Waals surface area contributed by atoms with Crippen molar-refractivity contribution in [1.29, 1.82) is 0 Å². The molecule has 0 atom stereocenters. The number of aromatic nitrogens is 2. The number of imidazole rings is 1. The van der Waals surface area contributed by atoms with Gasteiger partial charge in [0.15, 0.2) is 11.5 Å². The maximum atomic E-state index is 11.5. The van der Waals surface area contributed by atoms with Gasteiger partial charge in [0.05, 0.1) is 17.6 Å². The van der Waals surface area contributed by atoms with Gasteiger partial charge in [-0.1, -0.05) is 45.8 Å². The Kier molecular flexibility index (Phi) is 6.32. The molecule has 0 spiro atoms. The van der Waals surface area contributed by atoms with E-state index in [9.17, 15) is 4.79 Å². The predicted molar refractivity (Wildman–Crippen MR) is 127 cm³/mol. The maximum absolute atomic E-state index is 11.5. The van der Waals surface area contributed by atoms with Gasteiger partial charge in [0.25, 0.3) is 0 Å². The van der Waals surface area contributed by atoms with Gasteiger partial charge in [-0.15, -0.1) is 0 Å². The zero-order chi connectivity index (χ0) is 21.8. The Morgan fingerprint density at radius 1 is 0.935 bits per heavy atom. The van der Waals surface area contributed by atoms with Crippen molar-refractivity contribution >= 4 is 32.7 Å². The molecular weight excluding hydrogens is 458 g/mol. The molecule has 4 aromatic rings. The van der Waals surface area contributed by atoms with Crippen molar-refractivity contribution < 1.29 is 9.47 Å². The first-order chi connectivity index (χ1) is 15.0. The number of aryl methyl sites for hydroxylation is 1. The van der Waals surface area contributed by atoms with Crippen LogP contribution >= 0.6 is 15.9 Å². The van der Waals surface area contributed by atoms with E-state index >= 15 is 0 Å². The minimum atomic E-state index is -0.211. The molecule has 0 aliphatic carbocycles. The van der Waals surface area contributed by atoms with Gasteiger partial charge in [-0.3, -0.25) is 0 Å². The lowest BCUT2D eigenvalue weighted by atomic mass is 10.1. The number of benzene rings is 3. The normalized spacial score (nSPS) is 10.9. The minimum absolute atomic E-state index is 0.211. The second-order valence-corrected chi connectivity index (χ2v) is 8.15. The van der Waals surface area contributed by atoms with Crippen LogP contribution in [0.2, 0.25) is 0 Å². The molecule has 0 radical (unpaired) electrons. The molecule has 0 aliphatic heterocycles. The first-order valence-corrected chi connectivity index (χ1v) is 10.9. The molecule has 0 bridgehead atoms. The smallest absolute Gasteiger partial charge is 0.323 e. The van der Waals surface area contributed by atoms with Crippen LogP contribution in [0, 0.1) is 6.92 Å². The molecule has 0 amide bonds. The molecule has 160 valence electrons. The van der Waals surface area contributed by atoms with Crippen LogP contribution < -0.4 is 20.5 Å². The van der Waals surface area contributed by atoms with Crippen molar-refractivity contribution in [2.24, 2.45) is 0 Å². The van der Waals surface area contributed by atoms with E-state index in [1.807, 2.05) is 37.3 Å². The summed E-state index contributed by atoms with van der Waals surface area (Å²) in [7, 11) is 0. The molecule has 1 aromatic heterocycles. The Morgan fingerprint density at radius 2 is 1.68 bits per heavy atom. The Hall–Kier alpha value is -3.19. The number of aromatic amines is 2. The van der Waals surface area contributed by atoms with Crippen LogP contribution in [-0.4, -0.2) is 16.6 Å². The lowest BCUT2D eigenvalue weighted by Crippen LogP contribution is -2.04. The fraction of sp³-hybridized carbons (Fsp3) is 0.208. The number of anilines is 1. The summed E-state index contributed by atoms with van der Waals surface area (Å²) in [5.74, 6) is 1.41. The predicted octanol–water partition coefficient (Wildman–Crippen LogP) is 5.52. The summed E-state index contributed by atoms with van der Waals surface area (Å²) in [5, 5.41) is 3.39. The summed E-state index contributed by atoms with van der Waals surface area (Å²) in [4.78, 5) is 17.0. The number of rotatable bonds is 8. The fourth-order valence-electron chi connectivity index (χ4n) is 3.28.